The zero-order valence-corrected chi connectivity index (χ0v) is 18.0. The lowest BCUT2D eigenvalue weighted by Crippen LogP contribution is -2.24. The van der Waals surface area contributed by atoms with Crippen LogP contribution in [0.15, 0.2) is 34.8 Å². The van der Waals surface area contributed by atoms with Gasteiger partial charge in [-0.2, -0.15) is 0 Å². The fourth-order valence-corrected chi connectivity index (χ4v) is 4.21. The molecule has 2 aromatic heterocycles. The number of carbonyl (C=O) groups is 1. The lowest BCUT2D eigenvalue weighted by Gasteiger charge is -2.16. The summed E-state index contributed by atoms with van der Waals surface area (Å²) in [7, 11) is 0. The molecule has 28 heavy (non-hydrogen) atoms. The minimum atomic E-state index is -0.168. The van der Waals surface area contributed by atoms with Gasteiger partial charge in [-0.25, -0.2) is 9.66 Å². The number of hydrogen-bond acceptors (Lipinski definition) is 7. The molecule has 148 valence electrons. The topological polar surface area (TPSA) is 98.7 Å². The first-order chi connectivity index (χ1) is 13.2. The Morgan fingerprint density at radius 1 is 1.29 bits per heavy atom. The smallest absolute Gasteiger partial charge is 0.231 e. The molecule has 0 atom stereocenters. The number of hydrogen-bond donors (Lipinski definition) is 2. The monoisotopic (exact) mass is 416 g/mol. The number of thiazole rings is 1. The Hall–Kier alpha value is -2.39. The zero-order chi connectivity index (χ0) is 20.3. The quantitative estimate of drug-likeness (QED) is 0.471. The minimum Gasteiger partial charge on any atom is -0.336 e. The highest BCUT2D eigenvalue weighted by Gasteiger charge is 2.23. The maximum Gasteiger partial charge on any atom is 0.231 e. The Morgan fingerprint density at radius 2 is 2.04 bits per heavy atom. The molecule has 0 fully saturated rings. The van der Waals surface area contributed by atoms with E-state index in [1.54, 1.807) is 0 Å². The zero-order valence-electron chi connectivity index (χ0n) is 16.4. The van der Waals surface area contributed by atoms with E-state index >= 15 is 0 Å². The Balaban J connectivity index is 1.57. The minimum absolute atomic E-state index is 0.0700. The molecule has 0 radical (unpaired) electrons. The third kappa shape index (κ3) is 4.90. The fraction of sp³-hybridized carbons (Fsp3) is 0.368. The van der Waals surface area contributed by atoms with E-state index < -0.39 is 0 Å². The van der Waals surface area contributed by atoms with Gasteiger partial charge in [-0.05, 0) is 18.6 Å². The first kappa shape index (κ1) is 20.3. The molecule has 2 heterocycles. The summed E-state index contributed by atoms with van der Waals surface area (Å²) in [6.45, 7) is 8.10. The second kappa shape index (κ2) is 8.32. The lowest BCUT2D eigenvalue weighted by molar-refractivity contribution is -0.115. The molecule has 0 unspecified atom stereocenters. The number of aryl methyl sites for hydroxylation is 1. The van der Waals surface area contributed by atoms with E-state index in [4.69, 9.17) is 5.84 Å². The summed E-state index contributed by atoms with van der Waals surface area (Å²) in [4.78, 5) is 16.8. The number of aromatic nitrogens is 4. The van der Waals surface area contributed by atoms with Gasteiger partial charge in [0.15, 0.2) is 5.82 Å². The molecule has 9 heteroatoms. The maximum atomic E-state index is 12.3. The van der Waals surface area contributed by atoms with Crippen LogP contribution in [0.1, 0.15) is 42.9 Å². The van der Waals surface area contributed by atoms with E-state index in [1.165, 1.54) is 27.8 Å². The molecule has 0 aliphatic rings. The Kier molecular flexibility index (Phi) is 6.04. The van der Waals surface area contributed by atoms with Gasteiger partial charge in [-0.1, -0.05) is 50.7 Å². The molecule has 0 bridgehead atoms. The van der Waals surface area contributed by atoms with Crippen molar-refractivity contribution in [2.45, 2.75) is 50.4 Å². The van der Waals surface area contributed by atoms with Crippen molar-refractivity contribution in [1.29, 1.82) is 0 Å². The number of nitrogens with zero attached hydrogens (tertiary/aromatic N) is 4. The van der Waals surface area contributed by atoms with Gasteiger partial charge in [0.2, 0.25) is 11.1 Å². The van der Waals surface area contributed by atoms with Crippen LogP contribution < -0.4 is 11.2 Å². The second-order valence-electron chi connectivity index (χ2n) is 7.49. The van der Waals surface area contributed by atoms with Gasteiger partial charge in [0, 0.05) is 22.2 Å². The number of nitrogens with one attached hydrogen (secondary N) is 1. The highest BCUT2D eigenvalue weighted by Crippen LogP contribution is 2.26. The van der Waals surface area contributed by atoms with Crippen molar-refractivity contribution >= 4 is 34.7 Å². The Labute approximate surface area is 172 Å². The van der Waals surface area contributed by atoms with E-state index in [0.29, 0.717) is 10.9 Å². The molecule has 0 aliphatic carbocycles. The molecule has 0 spiro atoms. The number of carbonyl (C=O) groups excluding carboxylic acids is 1. The SMILES string of the molecule is Cc1ccccc1NC(=O)Cc1nc(CSc2nnc(C(C)(C)C)n2N)cs1. The Morgan fingerprint density at radius 3 is 2.71 bits per heavy atom. The van der Waals surface area contributed by atoms with Crippen molar-refractivity contribution in [1.82, 2.24) is 19.9 Å². The van der Waals surface area contributed by atoms with Crippen LogP contribution in [0, 0.1) is 6.92 Å². The maximum absolute atomic E-state index is 12.3. The number of nitrogen functional groups attached to an aromatic ring is 1. The number of para-hydroxylation sites is 1. The van der Waals surface area contributed by atoms with Gasteiger partial charge in [0.05, 0.1) is 12.1 Å². The molecule has 1 amide bonds. The number of thioether (sulfide) groups is 1. The van der Waals surface area contributed by atoms with Gasteiger partial charge in [-0.3, -0.25) is 4.79 Å². The summed E-state index contributed by atoms with van der Waals surface area (Å²) < 4.78 is 1.54. The van der Waals surface area contributed by atoms with Crippen LogP contribution in [0.3, 0.4) is 0 Å². The van der Waals surface area contributed by atoms with Crippen LogP contribution in [0.5, 0.6) is 0 Å². The average molecular weight is 417 g/mol. The van der Waals surface area contributed by atoms with E-state index in [-0.39, 0.29) is 17.7 Å². The van der Waals surface area contributed by atoms with E-state index in [0.717, 1.165) is 27.8 Å². The van der Waals surface area contributed by atoms with Crippen LogP contribution in [0.25, 0.3) is 0 Å². The predicted octanol–water partition coefficient (Wildman–Crippen LogP) is 3.53. The number of nitrogens with two attached hydrogens (primary N) is 1. The number of amides is 1. The molecule has 0 aliphatic heterocycles. The predicted molar refractivity (Wildman–Crippen MR) is 114 cm³/mol. The van der Waals surface area contributed by atoms with Crippen LogP contribution >= 0.6 is 23.1 Å². The number of anilines is 1. The second-order valence-corrected chi connectivity index (χ2v) is 9.37. The molecule has 7 nitrogen and oxygen atoms in total. The summed E-state index contributed by atoms with van der Waals surface area (Å²) in [6, 6.07) is 7.71. The molecule has 0 saturated carbocycles. The first-order valence-corrected chi connectivity index (χ1v) is 10.7. The van der Waals surface area contributed by atoms with Crippen molar-refractivity contribution in [3.63, 3.8) is 0 Å². The van der Waals surface area contributed by atoms with Crippen molar-refractivity contribution in [3.05, 3.63) is 51.7 Å². The van der Waals surface area contributed by atoms with Crippen LogP contribution in [-0.2, 0) is 22.4 Å². The highest BCUT2D eigenvalue weighted by atomic mass is 32.2. The summed E-state index contributed by atoms with van der Waals surface area (Å²) in [6.07, 6.45) is 0.255. The third-order valence-corrected chi connectivity index (χ3v) is 5.89. The van der Waals surface area contributed by atoms with Crippen LogP contribution in [0.2, 0.25) is 0 Å². The lowest BCUT2D eigenvalue weighted by atomic mass is 9.96. The normalized spacial score (nSPS) is 11.6. The van der Waals surface area contributed by atoms with Gasteiger partial charge in [-0.15, -0.1) is 21.5 Å². The standard InChI is InChI=1S/C19H24N6OS2/c1-12-7-5-6-8-14(12)22-15(26)9-16-21-13(10-27-16)11-28-18-24-23-17(25(18)20)19(2,3)4/h5-8,10H,9,11,20H2,1-4H3,(H,22,26). The molecule has 3 aromatic rings. The largest absolute Gasteiger partial charge is 0.336 e. The summed E-state index contributed by atoms with van der Waals surface area (Å²) in [5, 5.41) is 14.7. The van der Waals surface area contributed by atoms with Crippen molar-refractivity contribution < 1.29 is 4.79 Å². The Bertz CT molecular complexity index is 973. The van der Waals surface area contributed by atoms with Gasteiger partial charge in [0.1, 0.15) is 5.01 Å². The van der Waals surface area contributed by atoms with Gasteiger partial charge in [0.25, 0.3) is 0 Å². The van der Waals surface area contributed by atoms with E-state index in [1.807, 2.05) is 57.3 Å². The molecule has 3 N–H and O–H groups in total. The van der Waals surface area contributed by atoms with Gasteiger partial charge < -0.3 is 11.2 Å². The third-order valence-electron chi connectivity index (χ3n) is 4.01. The molecular formula is C19H24N6OS2. The summed E-state index contributed by atoms with van der Waals surface area (Å²) in [5.74, 6) is 7.40. The highest BCUT2D eigenvalue weighted by molar-refractivity contribution is 7.98. The van der Waals surface area contributed by atoms with Crippen molar-refractivity contribution in [3.8, 4) is 0 Å². The van der Waals surface area contributed by atoms with Crippen LogP contribution in [-0.4, -0.2) is 25.8 Å². The molecule has 0 saturated heterocycles. The van der Waals surface area contributed by atoms with E-state index in [9.17, 15) is 4.79 Å². The fourth-order valence-electron chi connectivity index (χ4n) is 2.57. The van der Waals surface area contributed by atoms with Gasteiger partial charge >= 0.3 is 0 Å². The van der Waals surface area contributed by atoms with E-state index in [2.05, 4.69) is 20.5 Å². The number of rotatable bonds is 6. The molecular weight excluding hydrogens is 392 g/mol. The summed E-state index contributed by atoms with van der Waals surface area (Å²) >= 11 is 2.96. The molecule has 1 aromatic carbocycles. The number of benzene rings is 1. The summed E-state index contributed by atoms with van der Waals surface area (Å²) in [5.41, 5.74) is 2.59. The molecule has 3 rings (SSSR count). The van der Waals surface area contributed by atoms with Crippen LogP contribution in [0.4, 0.5) is 5.69 Å². The van der Waals surface area contributed by atoms with Crippen molar-refractivity contribution in [2.24, 2.45) is 0 Å². The average Bonchev–Trinajstić information content (AvgIpc) is 3.21. The first-order valence-electron chi connectivity index (χ1n) is 8.86. The van der Waals surface area contributed by atoms with Crippen molar-refractivity contribution in [2.75, 3.05) is 11.2 Å².